The van der Waals surface area contributed by atoms with Crippen molar-refractivity contribution in [2.75, 3.05) is 20.8 Å². The van der Waals surface area contributed by atoms with Crippen LogP contribution in [0.3, 0.4) is 0 Å². The molecule has 3 aromatic rings. The van der Waals surface area contributed by atoms with Crippen LogP contribution < -0.4 is 20.3 Å². The molecule has 3 aliphatic carbocycles. The first-order valence-electron chi connectivity index (χ1n) is 16.6. The fraction of sp³-hybridized carbons (Fsp3) is 0.459. The molecule has 2 bridgehead atoms. The fourth-order valence-electron chi connectivity index (χ4n) is 7.48. The lowest BCUT2D eigenvalue weighted by molar-refractivity contribution is -0.156. The molecule has 3 saturated carbocycles. The first-order valence-corrected chi connectivity index (χ1v) is 16.6. The summed E-state index contributed by atoms with van der Waals surface area (Å²) >= 11 is 0. The second kappa shape index (κ2) is 13.4. The van der Waals surface area contributed by atoms with Gasteiger partial charge in [0, 0.05) is 55.4 Å². The van der Waals surface area contributed by atoms with E-state index < -0.39 is 5.54 Å². The minimum absolute atomic E-state index is 0.0117. The zero-order valence-corrected chi connectivity index (χ0v) is 28.0. The minimum atomic E-state index is -0.809. The molecule has 4 aliphatic rings. The Morgan fingerprint density at radius 1 is 1.02 bits per heavy atom. The number of benzene rings is 2. The van der Waals surface area contributed by atoms with Gasteiger partial charge in [-0.05, 0) is 81.2 Å². The van der Waals surface area contributed by atoms with Gasteiger partial charge in [-0.3, -0.25) is 24.0 Å². The minimum Gasteiger partial charge on any atom is -0.496 e. The number of nitrogens with zero attached hydrogens (tertiary/aromatic N) is 3. The molecule has 1 N–H and O–H groups in total. The normalized spacial score (nSPS) is 19.6. The molecule has 0 unspecified atom stereocenters. The molecule has 3 fully saturated rings. The Kier molecular flexibility index (Phi) is 9.22. The predicted molar refractivity (Wildman–Crippen MR) is 178 cm³/mol. The van der Waals surface area contributed by atoms with Crippen LogP contribution in [0, 0.1) is 12.8 Å². The quantitative estimate of drug-likeness (QED) is 0.217. The number of ketones is 2. The summed E-state index contributed by atoms with van der Waals surface area (Å²) in [5, 5.41) is 3.02. The van der Waals surface area contributed by atoms with Gasteiger partial charge in [0.25, 0.3) is 11.5 Å². The maximum Gasteiger partial charge on any atom is 0.271 e. The average molecular weight is 655 g/mol. The maximum absolute atomic E-state index is 13.3. The lowest BCUT2D eigenvalue weighted by Crippen LogP contribution is -2.67. The topological polar surface area (TPSA) is 137 Å². The van der Waals surface area contributed by atoms with Crippen LogP contribution in [0.4, 0.5) is 0 Å². The number of nitrogens with one attached hydrogen (secondary N) is 1. The molecule has 0 atom stereocenters. The highest BCUT2D eigenvalue weighted by Crippen LogP contribution is 2.51. The Morgan fingerprint density at radius 2 is 1.75 bits per heavy atom. The number of methoxy groups -OCH3 is 2. The van der Waals surface area contributed by atoms with Gasteiger partial charge < -0.3 is 24.3 Å². The number of rotatable bonds is 13. The van der Waals surface area contributed by atoms with Gasteiger partial charge in [0.1, 0.15) is 28.5 Å². The Morgan fingerprint density at radius 3 is 2.42 bits per heavy atom. The van der Waals surface area contributed by atoms with Crippen molar-refractivity contribution in [2.45, 2.75) is 76.8 Å². The van der Waals surface area contributed by atoms with Crippen LogP contribution in [0.1, 0.15) is 77.7 Å². The molecule has 11 nitrogen and oxygen atoms in total. The summed E-state index contributed by atoms with van der Waals surface area (Å²) < 4.78 is 12.9. The van der Waals surface area contributed by atoms with E-state index in [2.05, 4.69) is 10.3 Å². The van der Waals surface area contributed by atoms with Gasteiger partial charge in [0.05, 0.1) is 26.3 Å². The second-order valence-electron chi connectivity index (χ2n) is 13.2. The molecule has 0 spiro atoms. The van der Waals surface area contributed by atoms with Crippen LogP contribution in [-0.2, 0) is 40.8 Å². The van der Waals surface area contributed by atoms with Crippen LogP contribution in [0.5, 0.6) is 11.5 Å². The first kappa shape index (κ1) is 33.1. The van der Waals surface area contributed by atoms with E-state index in [4.69, 9.17) is 9.47 Å². The van der Waals surface area contributed by atoms with Crippen molar-refractivity contribution in [3.05, 3.63) is 74.8 Å². The highest BCUT2D eigenvalue weighted by Gasteiger charge is 2.62. The number of aryl methyl sites for hydroxylation is 3. The number of hydrogen-bond acceptors (Lipinski definition) is 8. The third kappa shape index (κ3) is 6.02. The van der Waals surface area contributed by atoms with E-state index in [1.54, 1.807) is 39.3 Å². The molecule has 11 heteroatoms. The van der Waals surface area contributed by atoms with E-state index in [1.807, 2.05) is 30.3 Å². The van der Waals surface area contributed by atoms with Gasteiger partial charge in [0.15, 0.2) is 5.78 Å². The summed E-state index contributed by atoms with van der Waals surface area (Å²) in [6, 6.07) is 9.51. The van der Waals surface area contributed by atoms with E-state index in [0.717, 1.165) is 41.5 Å². The van der Waals surface area contributed by atoms with Crippen molar-refractivity contribution in [3.63, 3.8) is 0 Å². The Balaban J connectivity index is 0.977. The molecule has 2 heterocycles. The summed E-state index contributed by atoms with van der Waals surface area (Å²) in [7, 11) is 4.87. The largest absolute Gasteiger partial charge is 0.496 e. The van der Waals surface area contributed by atoms with Crippen LogP contribution in [-0.4, -0.2) is 64.1 Å². The van der Waals surface area contributed by atoms with Crippen molar-refractivity contribution < 1.29 is 28.7 Å². The van der Waals surface area contributed by atoms with E-state index in [-0.39, 0.29) is 41.3 Å². The lowest BCUT2D eigenvalue weighted by Gasteiger charge is -2.54. The Bertz CT molecular complexity index is 1810. The van der Waals surface area contributed by atoms with Gasteiger partial charge in [-0.15, -0.1) is 0 Å². The van der Waals surface area contributed by atoms with E-state index in [1.165, 1.54) is 4.57 Å². The van der Waals surface area contributed by atoms with Crippen LogP contribution in [0.25, 0.3) is 11.3 Å². The number of fused-ring (bicyclic) bond motifs is 3. The van der Waals surface area contributed by atoms with Crippen molar-refractivity contribution in [1.29, 1.82) is 0 Å². The first-order chi connectivity index (χ1) is 23.1. The number of carbonyl (C=O) groups is 4. The van der Waals surface area contributed by atoms with Gasteiger partial charge in [-0.2, -0.15) is 0 Å². The Labute approximate surface area is 279 Å². The van der Waals surface area contributed by atoms with Crippen molar-refractivity contribution in [1.82, 2.24) is 19.8 Å². The smallest absolute Gasteiger partial charge is 0.271 e. The molecule has 0 saturated heterocycles. The standard InChI is InChI=1S/C37H42N4O7/c1-22-35(45)40(2)21-29(39-22)24-15-31(47-3)27(32(16-24)48-4)12-8-13-34(44)38-14-6-5-9-23-10-7-11-26-28(23)20-41(36(26)46)37-18-25(19-37)30(42)17-33(37)43/h7,10-11,15-16,21,25H,5-6,8-9,12-14,17-20H2,1-4H3,(H,38,44). The monoisotopic (exact) mass is 654 g/mol. The van der Waals surface area contributed by atoms with Gasteiger partial charge in [0.2, 0.25) is 5.91 Å². The molecule has 1 aromatic heterocycles. The molecule has 2 amide bonds. The van der Waals surface area contributed by atoms with Crippen LogP contribution in [0.15, 0.2) is 41.3 Å². The summed E-state index contributed by atoms with van der Waals surface area (Å²) in [5.74, 6) is 0.938. The maximum atomic E-state index is 13.3. The summed E-state index contributed by atoms with van der Waals surface area (Å²) in [4.78, 5) is 69.1. The van der Waals surface area contributed by atoms with E-state index >= 15 is 0 Å². The SMILES string of the molecule is COc1cc(-c2cn(C)c(=O)c(C)n2)cc(OC)c1CCCC(=O)NCCCCc1cccc2c1CN(C13CC(C1)C(=O)CC3=O)C2=O. The number of hydrogen-bond donors (Lipinski definition) is 1. The van der Waals surface area contributed by atoms with Crippen LogP contribution >= 0.6 is 0 Å². The Hall–Kier alpha value is -4.80. The molecule has 2 aromatic carbocycles. The molecule has 7 rings (SSSR count). The summed E-state index contributed by atoms with van der Waals surface area (Å²) in [6.07, 6.45) is 6.49. The highest BCUT2D eigenvalue weighted by atomic mass is 16.5. The van der Waals surface area contributed by atoms with Crippen molar-refractivity contribution >= 4 is 23.4 Å². The van der Waals surface area contributed by atoms with Gasteiger partial charge in [-0.1, -0.05) is 12.1 Å². The van der Waals surface area contributed by atoms with Crippen LogP contribution in [0.2, 0.25) is 0 Å². The number of unbranched alkanes of at least 4 members (excludes halogenated alkanes) is 1. The second-order valence-corrected chi connectivity index (χ2v) is 13.2. The average Bonchev–Trinajstić information content (AvgIpc) is 3.39. The predicted octanol–water partition coefficient (Wildman–Crippen LogP) is 3.88. The molecule has 0 radical (unpaired) electrons. The third-order valence-corrected chi connectivity index (χ3v) is 10.2. The van der Waals surface area contributed by atoms with Crippen molar-refractivity contribution in [2.24, 2.45) is 13.0 Å². The summed E-state index contributed by atoms with van der Waals surface area (Å²) in [5.41, 5.74) is 4.44. The van der Waals surface area contributed by atoms with E-state index in [9.17, 15) is 24.0 Å². The van der Waals surface area contributed by atoms with Crippen molar-refractivity contribution in [3.8, 4) is 22.8 Å². The number of aromatic nitrogens is 2. The number of carbonyl (C=O) groups excluding carboxylic acids is 4. The highest BCUT2D eigenvalue weighted by molar-refractivity contribution is 6.13. The number of Topliss-reactive ketones (excluding diaryl/α,β-unsaturated/α-hetero) is 2. The van der Waals surface area contributed by atoms with E-state index in [0.29, 0.717) is 73.6 Å². The zero-order valence-electron chi connectivity index (χ0n) is 28.0. The molecule has 48 heavy (non-hydrogen) atoms. The molecular formula is C37H42N4O7. The van der Waals surface area contributed by atoms with Gasteiger partial charge >= 0.3 is 0 Å². The summed E-state index contributed by atoms with van der Waals surface area (Å²) in [6.45, 7) is 2.65. The lowest BCUT2D eigenvalue weighted by atomic mass is 9.57. The molecule has 1 aliphatic heterocycles. The number of amides is 2. The third-order valence-electron chi connectivity index (χ3n) is 10.2. The fourth-order valence-corrected chi connectivity index (χ4v) is 7.48. The zero-order chi connectivity index (χ0) is 34.2. The van der Waals surface area contributed by atoms with Gasteiger partial charge in [-0.25, -0.2) is 4.98 Å². The molecular weight excluding hydrogens is 612 g/mol. The molecule has 252 valence electrons. The number of ether oxygens (including phenoxy) is 2.